The highest BCUT2D eigenvalue weighted by Crippen LogP contribution is 2.53. The molecule has 0 spiro atoms. The molecule has 4 heterocycles. The summed E-state index contributed by atoms with van der Waals surface area (Å²) < 4.78 is 75.3. The molecule has 0 amide bonds. The van der Waals surface area contributed by atoms with E-state index in [9.17, 15) is 18.6 Å². The van der Waals surface area contributed by atoms with Crippen molar-refractivity contribution in [3.8, 4) is 61.8 Å². The van der Waals surface area contributed by atoms with Crippen molar-refractivity contribution in [2.75, 3.05) is 67.3 Å². The zero-order chi connectivity index (χ0) is 60.4. The fraction of sp³-hybridized carbons (Fsp3) is 0.266. The SMILES string of the molecule is COc1ccc(COC(=O)[C@@H](Cc2ccccc2OCc2ccnc(-c3ccccc3OC)n2)Oc2ncnc3sc(-c4ccc(F)cc4)c(-c4c(C)c(Cl)c(OCCN5CC[N+](C)(COP(=O)(O)OCc6ccccc6)CC5)c(Cl)c4C)c23)cc1. The number of phosphoric acid groups is 1. The Morgan fingerprint density at radius 3 is 2.17 bits per heavy atom. The van der Waals surface area contributed by atoms with Gasteiger partial charge < -0.3 is 37.8 Å². The Balaban J connectivity index is 0.917. The number of hydrogen-bond donors (Lipinski definition) is 1. The van der Waals surface area contributed by atoms with Crippen LogP contribution in [0.2, 0.25) is 10.0 Å². The lowest BCUT2D eigenvalue weighted by Crippen LogP contribution is -2.58. The first-order valence-electron chi connectivity index (χ1n) is 27.6. The monoisotopic (exact) mass is 1240 g/mol. The number of carbonyl (C=O) groups excluding carboxylic acids is 1. The minimum Gasteiger partial charge on any atom is -0.497 e. The van der Waals surface area contributed by atoms with E-state index in [2.05, 4.69) is 9.88 Å². The zero-order valence-electron chi connectivity index (χ0n) is 47.9. The second-order valence-electron chi connectivity index (χ2n) is 20.7. The molecule has 0 saturated carbocycles. The topological polar surface area (TPSA) is 183 Å². The van der Waals surface area contributed by atoms with E-state index in [4.69, 9.17) is 75.6 Å². The predicted molar refractivity (Wildman–Crippen MR) is 328 cm³/mol. The van der Waals surface area contributed by atoms with Gasteiger partial charge in [0.05, 0.1) is 67.7 Å². The quantitative estimate of drug-likeness (QED) is 0.0324. The van der Waals surface area contributed by atoms with Crippen molar-refractivity contribution < 1.29 is 60.6 Å². The largest absolute Gasteiger partial charge is 0.497 e. The molecule has 1 fully saturated rings. The van der Waals surface area contributed by atoms with E-state index in [1.54, 1.807) is 50.7 Å². The highest BCUT2D eigenvalue weighted by molar-refractivity contribution is 7.47. The van der Waals surface area contributed by atoms with Crippen molar-refractivity contribution in [1.29, 1.82) is 0 Å². The van der Waals surface area contributed by atoms with Crippen LogP contribution in [0.3, 0.4) is 0 Å². The van der Waals surface area contributed by atoms with E-state index in [0.29, 0.717) is 120 Å². The number of ether oxygens (including phenoxy) is 6. The Labute approximate surface area is 512 Å². The van der Waals surface area contributed by atoms with Gasteiger partial charge >= 0.3 is 13.8 Å². The number of fused-ring (bicyclic) bond motifs is 1. The van der Waals surface area contributed by atoms with Gasteiger partial charge in [0, 0.05) is 42.7 Å². The summed E-state index contributed by atoms with van der Waals surface area (Å²) in [5.41, 5.74) is 6.61. The standard InChI is InChI=1S/C64H62Cl2FN6O11PS/c1-41-54(42(2)58(66)59(57(41)65)79-34-31-72-29-32-73(3,33-30-72)40-83-85(75,76)82-37-43-13-7-6-8-14-43)55-56-62(69-39-70-63(56)86-60(55)45-21-23-47(67)24-22-45)84-53(64(74)81-36-44-19-25-49(77-4)26-20-44)35-46-15-9-11-17-51(46)80-38-48-27-28-68-61(71-48)50-16-10-12-18-52(50)78-5/h6-28,39,53H,29-38,40H2,1-5H3/p+1/t53-/m1/s1. The summed E-state index contributed by atoms with van der Waals surface area (Å²) in [6, 6.07) is 39.1. The molecule has 1 aliphatic heterocycles. The number of likely N-dealkylation sites (N-methyl/N-ethyl adjacent to an activating group) is 1. The van der Waals surface area contributed by atoms with Gasteiger partial charge in [-0.1, -0.05) is 108 Å². The third kappa shape index (κ3) is 14.8. The molecule has 1 aliphatic rings. The molecule has 6 aromatic carbocycles. The highest BCUT2D eigenvalue weighted by Gasteiger charge is 2.35. The van der Waals surface area contributed by atoms with E-state index < -0.39 is 25.7 Å². The second kappa shape index (κ2) is 27.9. The van der Waals surface area contributed by atoms with Gasteiger partial charge in [-0.2, -0.15) is 0 Å². The van der Waals surface area contributed by atoms with E-state index >= 15 is 0 Å². The summed E-state index contributed by atoms with van der Waals surface area (Å²) in [6.45, 7) is 7.15. The molecule has 1 unspecified atom stereocenters. The normalized spacial score (nSPS) is 14.3. The van der Waals surface area contributed by atoms with Crippen molar-refractivity contribution in [2.45, 2.75) is 46.2 Å². The van der Waals surface area contributed by atoms with Gasteiger partial charge in [0.15, 0.2) is 18.3 Å². The number of benzene rings is 6. The fourth-order valence-electron chi connectivity index (χ4n) is 9.95. The summed E-state index contributed by atoms with van der Waals surface area (Å²) in [6.07, 6.45) is 1.71. The number of methoxy groups -OCH3 is 2. The molecule has 86 heavy (non-hydrogen) atoms. The van der Waals surface area contributed by atoms with Crippen LogP contribution in [0, 0.1) is 19.7 Å². The lowest BCUT2D eigenvalue weighted by atomic mass is 9.92. The number of para-hydroxylation sites is 2. The minimum absolute atomic E-state index is 0.00808. The second-order valence-corrected chi connectivity index (χ2v) is 23.9. The van der Waals surface area contributed by atoms with E-state index in [-0.39, 0.29) is 55.5 Å². The van der Waals surface area contributed by atoms with Crippen molar-refractivity contribution in [2.24, 2.45) is 0 Å². The van der Waals surface area contributed by atoms with Gasteiger partial charge in [-0.3, -0.25) is 9.42 Å². The smallest absolute Gasteiger partial charge is 0.476 e. The molecule has 1 saturated heterocycles. The molecule has 0 bridgehead atoms. The maximum atomic E-state index is 14.7. The highest BCUT2D eigenvalue weighted by atomic mass is 35.5. The van der Waals surface area contributed by atoms with Gasteiger partial charge in [-0.05, 0) is 101 Å². The van der Waals surface area contributed by atoms with Crippen LogP contribution in [-0.4, -0.2) is 114 Å². The van der Waals surface area contributed by atoms with E-state index in [1.165, 1.54) is 29.8 Å². The van der Waals surface area contributed by atoms with Crippen LogP contribution in [-0.2, 0) is 49.4 Å². The number of thiophene rings is 1. The van der Waals surface area contributed by atoms with Crippen LogP contribution in [0.1, 0.15) is 33.5 Å². The fourth-order valence-corrected chi connectivity index (χ4v) is 12.4. The molecule has 0 aliphatic carbocycles. The third-order valence-corrected chi connectivity index (χ3v) is 17.8. The number of quaternary nitrogens is 1. The summed E-state index contributed by atoms with van der Waals surface area (Å²) in [5.74, 6) is 1.51. The van der Waals surface area contributed by atoms with Crippen molar-refractivity contribution >= 4 is 58.5 Å². The van der Waals surface area contributed by atoms with Crippen LogP contribution >= 0.6 is 42.4 Å². The maximum absolute atomic E-state index is 14.7. The third-order valence-electron chi connectivity index (χ3n) is 14.8. The molecule has 2 atom stereocenters. The number of nitrogens with zero attached hydrogens (tertiary/aromatic N) is 6. The maximum Gasteiger partial charge on any atom is 0.476 e. The molecule has 446 valence electrons. The molecule has 0 radical (unpaired) electrons. The molecule has 17 nitrogen and oxygen atoms in total. The minimum atomic E-state index is -4.29. The van der Waals surface area contributed by atoms with E-state index in [1.807, 2.05) is 112 Å². The summed E-state index contributed by atoms with van der Waals surface area (Å²) >= 11 is 16.0. The number of carbonyl (C=O) groups is 1. The summed E-state index contributed by atoms with van der Waals surface area (Å²) in [4.78, 5) is 47.3. The first-order chi connectivity index (χ1) is 41.6. The van der Waals surface area contributed by atoms with Gasteiger partial charge in [0.2, 0.25) is 12.0 Å². The number of halogens is 3. The van der Waals surface area contributed by atoms with Crippen LogP contribution < -0.4 is 23.7 Å². The van der Waals surface area contributed by atoms with Gasteiger partial charge in [-0.15, -0.1) is 11.3 Å². The number of piperazine rings is 1. The van der Waals surface area contributed by atoms with Gasteiger partial charge in [-0.25, -0.2) is 38.2 Å². The average molecular weight is 1250 g/mol. The zero-order valence-corrected chi connectivity index (χ0v) is 51.1. The van der Waals surface area contributed by atoms with Gasteiger partial charge in [0.25, 0.3) is 0 Å². The number of rotatable bonds is 25. The first-order valence-corrected chi connectivity index (χ1v) is 30.6. The van der Waals surface area contributed by atoms with Crippen molar-refractivity contribution in [1.82, 2.24) is 24.8 Å². The number of esters is 1. The molecular weight excluding hydrogens is 1180 g/mol. The summed E-state index contributed by atoms with van der Waals surface area (Å²) in [7, 11) is 0.861. The molecular formula is C64H63Cl2FN6O11PS+. The number of phosphoric ester groups is 1. The Hall–Kier alpha value is -7.55. The van der Waals surface area contributed by atoms with Crippen LogP contribution in [0.4, 0.5) is 4.39 Å². The number of hydrogen-bond acceptors (Lipinski definition) is 16. The molecule has 1 N–H and O–H groups in total. The molecule has 10 rings (SSSR count). The molecule has 3 aromatic heterocycles. The average Bonchev–Trinajstić information content (AvgIpc) is 1.61. The number of aromatic nitrogens is 4. The Kier molecular flexibility index (Phi) is 19.9. The Morgan fingerprint density at radius 1 is 0.767 bits per heavy atom. The van der Waals surface area contributed by atoms with Crippen LogP contribution in [0.25, 0.3) is 43.2 Å². The van der Waals surface area contributed by atoms with Crippen molar-refractivity contribution in [3.05, 3.63) is 195 Å². The lowest BCUT2D eigenvalue weighted by Gasteiger charge is -2.41. The molecule has 22 heteroatoms. The van der Waals surface area contributed by atoms with E-state index in [0.717, 1.165) is 16.7 Å². The summed E-state index contributed by atoms with van der Waals surface area (Å²) in [5, 5.41) is 1.01. The Bertz CT molecular complexity index is 3850. The molecule has 9 aromatic rings. The van der Waals surface area contributed by atoms with Crippen LogP contribution in [0.5, 0.6) is 28.9 Å². The lowest BCUT2D eigenvalue weighted by molar-refractivity contribution is -0.928. The van der Waals surface area contributed by atoms with Crippen molar-refractivity contribution in [3.63, 3.8) is 0 Å². The first kappa shape index (κ1) is 61.5. The predicted octanol–water partition coefficient (Wildman–Crippen LogP) is 13.3. The van der Waals surface area contributed by atoms with Crippen LogP contribution in [0.15, 0.2) is 146 Å². The Morgan fingerprint density at radius 2 is 1.45 bits per heavy atom. The van der Waals surface area contributed by atoms with Gasteiger partial charge in [0.1, 0.15) is 54.0 Å².